The van der Waals surface area contributed by atoms with E-state index >= 15 is 0 Å². The molecule has 0 spiro atoms. The highest BCUT2D eigenvalue weighted by Gasteiger charge is 2.11. The van der Waals surface area contributed by atoms with Gasteiger partial charge in [-0.1, -0.05) is 18.2 Å². The van der Waals surface area contributed by atoms with Gasteiger partial charge in [-0.2, -0.15) is 0 Å². The molecule has 5 nitrogen and oxygen atoms in total. The van der Waals surface area contributed by atoms with Gasteiger partial charge in [0.15, 0.2) is 0 Å². The molecule has 2 aromatic rings. The smallest absolute Gasteiger partial charge is 0.272 e. The molecule has 0 heterocycles. The van der Waals surface area contributed by atoms with Gasteiger partial charge in [0.05, 0.1) is 4.92 Å². The number of para-hydroxylation sites is 1. The maximum atomic E-state index is 10.8. The summed E-state index contributed by atoms with van der Waals surface area (Å²) in [6, 6.07) is 12.4. The third-order valence-corrected chi connectivity index (χ3v) is 2.93. The van der Waals surface area contributed by atoms with Gasteiger partial charge < -0.3 is 10.1 Å². The van der Waals surface area contributed by atoms with Gasteiger partial charge in [-0.25, -0.2) is 0 Å². The molecule has 104 valence electrons. The summed E-state index contributed by atoms with van der Waals surface area (Å²) in [6.07, 6.45) is 0. The van der Waals surface area contributed by atoms with Crippen molar-refractivity contribution in [2.75, 3.05) is 7.05 Å². The SMILES string of the molecule is CNCc1ccccc1Oc1ccc([N+](=O)[O-])c(C)c1. The molecule has 1 N–H and O–H groups in total. The normalized spacial score (nSPS) is 10.3. The number of nitrogens with one attached hydrogen (secondary N) is 1. The van der Waals surface area contributed by atoms with E-state index in [9.17, 15) is 10.1 Å². The molecule has 5 heteroatoms. The maximum absolute atomic E-state index is 10.8. The van der Waals surface area contributed by atoms with Crippen molar-refractivity contribution in [3.63, 3.8) is 0 Å². The topological polar surface area (TPSA) is 64.4 Å². The predicted octanol–water partition coefficient (Wildman–Crippen LogP) is 3.41. The number of ether oxygens (including phenoxy) is 1. The summed E-state index contributed by atoms with van der Waals surface area (Å²) in [5.74, 6) is 1.34. The van der Waals surface area contributed by atoms with Crippen LogP contribution in [0.25, 0.3) is 0 Å². The first-order valence-corrected chi connectivity index (χ1v) is 6.27. The summed E-state index contributed by atoms with van der Waals surface area (Å²) in [7, 11) is 1.87. The van der Waals surface area contributed by atoms with Crippen LogP contribution in [0.5, 0.6) is 11.5 Å². The minimum absolute atomic E-state index is 0.0980. The Kier molecular flexibility index (Phi) is 4.32. The lowest BCUT2D eigenvalue weighted by Crippen LogP contribution is -2.06. The number of hydrogen-bond acceptors (Lipinski definition) is 4. The fourth-order valence-electron chi connectivity index (χ4n) is 1.96. The molecule has 2 rings (SSSR count). The molecule has 0 aromatic heterocycles. The van der Waals surface area contributed by atoms with Crippen molar-refractivity contribution in [1.82, 2.24) is 5.32 Å². The number of rotatable bonds is 5. The van der Waals surface area contributed by atoms with E-state index < -0.39 is 4.92 Å². The van der Waals surface area contributed by atoms with Crippen LogP contribution in [-0.2, 0) is 6.54 Å². The highest BCUT2D eigenvalue weighted by atomic mass is 16.6. The monoisotopic (exact) mass is 272 g/mol. The average Bonchev–Trinajstić information content (AvgIpc) is 2.41. The molecule has 20 heavy (non-hydrogen) atoms. The van der Waals surface area contributed by atoms with Gasteiger partial charge in [-0.05, 0) is 32.2 Å². The average molecular weight is 272 g/mol. The summed E-state index contributed by atoms with van der Waals surface area (Å²) in [5.41, 5.74) is 1.71. The molecule has 0 fully saturated rings. The molecule has 0 aliphatic rings. The van der Waals surface area contributed by atoms with Crippen LogP contribution in [0.3, 0.4) is 0 Å². The first kappa shape index (κ1) is 14.0. The Labute approximate surface area is 117 Å². The third kappa shape index (κ3) is 3.13. The van der Waals surface area contributed by atoms with Crippen molar-refractivity contribution in [1.29, 1.82) is 0 Å². The van der Waals surface area contributed by atoms with Crippen molar-refractivity contribution in [3.8, 4) is 11.5 Å². The molecule has 0 radical (unpaired) electrons. The number of benzene rings is 2. The Balaban J connectivity index is 2.26. The molecule has 0 aliphatic carbocycles. The quantitative estimate of drug-likeness (QED) is 0.669. The zero-order valence-corrected chi connectivity index (χ0v) is 11.4. The van der Waals surface area contributed by atoms with E-state index in [2.05, 4.69) is 5.32 Å². The van der Waals surface area contributed by atoms with Crippen molar-refractivity contribution in [3.05, 3.63) is 63.7 Å². The van der Waals surface area contributed by atoms with E-state index in [4.69, 9.17) is 4.74 Å². The zero-order valence-electron chi connectivity index (χ0n) is 11.4. The van der Waals surface area contributed by atoms with Gasteiger partial charge in [-0.3, -0.25) is 10.1 Å². The molecule has 0 saturated carbocycles. The van der Waals surface area contributed by atoms with E-state index in [1.165, 1.54) is 6.07 Å². The Hall–Kier alpha value is -2.40. The minimum atomic E-state index is -0.395. The summed E-state index contributed by atoms with van der Waals surface area (Å²) in [5, 5.41) is 13.9. The minimum Gasteiger partial charge on any atom is -0.457 e. The summed E-state index contributed by atoms with van der Waals surface area (Å²) in [4.78, 5) is 10.4. The van der Waals surface area contributed by atoms with E-state index in [0.717, 1.165) is 11.3 Å². The fourth-order valence-corrected chi connectivity index (χ4v) is 1.96. The Morgan fingerprint density at radius 1 is 1.25 bits per heavy atom. The fraction of sp³-hybridized carbons (Fsp3) is 0.200. The van der Waals surface area contributed by atoms with E-state index in [-0.39, 0.29) is 5.69 Å². The Morgan fingerprint density at radius 2 is 2.00 bits per heavy atom. The van der Waals surface area contributed by atoms with Gasteiger partial charge in [0, 0.05) is 23.7 Å². The molecule has 0 unspecified atom stereocenters. The molecule has 0 saturated heterocycles. The first-order valence-electron chi connectivity index (χ1n) is 6.27. The molecule has 0 aliphatic heterocycles. The van der Waals surface area contributed by atoms with Crippen LogP contribution in [0.1, 0.15) is 11.1 Å². The lowest BCUT2D eigenvalue weighted by molar-refractivity contribution is -0.385. The predicted molar refractivity (Wildman–Crippen MR) is 77.1 cm³/mol. The second-order valence-corrected chi connectivity index (χ2v) is 4.45. The maximum Gasteiger partial charge on any atom is 0.272 e. The van der Waals surface area contributed by atoms with Gasteiger partial charge in [-0.15, -0.1) is 0 Å². The number of aryl methyl sites for hydroxylation is 1. The van der Waals surface area contributed by atoms with Crippen molar-refractivity contribution >= 4 is 5.69 Å². The lowest BCUT2D eigenvalue weighted by Gasteiger charge is -2.11. The van der Waals surface area contributed by atoms with E-state index in [1.807, 2.05) is 31.3 Å². The Morgan fingerprint density at radius 3 is 2.65 bits per heavy atom. The third-order valence-electron chi connectivity index (χ3n) is 2.93. The summed E-state index contributed by atoms with van der Waals surface area (Å²) >= 11 is 0. The molecule has 2 aromatic carbocycles. The standard InChI is InChI=1S/C15H16N2O3/c1-11-9-13(7-8-14(11)17(18)19)20-15-6-4-3-5-12(15)10-16-2/h3-9,16H,10H2,1-2H3. The van der Waals surface area contributed by atoms with Crippen LogP contribution in [0.15, 0.2) is 42.5 Å². The second kappa shape index (κ2) is 6.16. The highest BCUT2D eigenvalue weighted by Crippen LogP contribution is 2.29. The van der Waals surface area contributed by atoms with Crippen LogP contribution in [0.4, 0.5) is 5.69 Å². The number of nitro benzene ring substituents is 1. The molecule has 0 atom stereocenters. The lowest BCUT2D eigenvalue weighted by atomic mass is 10.2. The van der Waals surface area contributed by atoms with E-state index in [1.54, 1.807) is 19.1 Å². The molecule has 0 amide bonds. The van der Waals surface area contributed by atoms with Crippen LogP contribution in [-0.4, -0.2) is 12.0 Å². The summed E-state index contributed by atoms with van der Waals surface area (Å²) < 4.78 is 5.82. The first-order chi connectivity index (χ1) is 9.61. The van der Waals surface area contributed by atoms with Gasteiger partial charge >= 0.3 is 0 Å². The number of nitro groups is 1. The van der Waals surface area contributed by atoms with Crippen LogP contribution >= 0.6 is 0 Å². The zero-order chi connectivity index (χ0) is 14.5. The number of nitrogens with zero attached hydrogens (tertiary/aromatic N) is 1. The highest BCUT2D eigenvalue weighted by molar-refractivity contribution is 5.46. The largest absolute Gasteiger partial charge is 0.457 e. The van der Waals surface area contributed by atoms with Crippen LogP contribution < -0.4 is 10.1 Å². The molecular formula is C15H16N2O3. The van der Waals surface area contributed by atoms with Crippen molar-refractivity contribution in [2.45, 2.75) is 13.5 Å². The van der Waals surface area contributed by atoms with Crippen molar-refractivity contribution in [2.24, 2.45) is 0 Å². The van der Waals surface area contributed by atoms with Crippen LogP contribution in [0, 0.1) is 17.0 Å². The van der Waals surface area contributed by atoms with Gasteiger partial charge in [0.1, 0.15) is 11.5 Å². The van der Waals surface area contributed by atoms with Crippen molar-refractivity contribution < 1.29 is 9.66 Å². The molecular weight excluding hydrogens is 256 g/mol. The van der Waals surface area contributed by atoms with Crippen LogP contribution in [0.2, 0.25) is 0 Å². The second-order valence-electron chi connectivity index (χ2n) is 4.45. The number of hydrogen-bond donors (Lipinski definition) is 1. The van der Waals surface area contributed by atoms with Gasteiger partial charge in [0.2, 0.25) is 0 Å². The Bertz CT molecular complexity index is 626. The molecule has 0 bridgehead atoms. The van der Waals surface area contributed by atoms with E-state index in [0.29, 0.717) is 17.9 Å². The van der Waals surface area contributed by atoms with Gasteiger partial charge in [0.25, 0.3) is 5.69 Å². The summed E-state index contributed by atoms with van der Waals surface area (Å²) in [6.45, 7) is 2.40.